The van der Waals surface area contributed by atoms with Gasteiger partial charge in [0.1, 0.15) is 4.21 Å². The molecule has 0 saturated heterocycles. The highest BCUT2D eigenvalue weighted by atomic mass is 32.2. The number of hydrogen-bond acceptors (Lipinski definition) is 5. The summed E-state index contributed by atoms with van der Waals surface area (Å²) < 4.78 is 32.5. The third kappa shape index (κ3) is 5.34. The molecule has 1 aromatic heterocycles. The predicted octanol–water partition coefficient (Wildman–Crippen LogP) is 2.01. The first-order chi connectivity index (χ1) is 10.0. The Morgan fingerprint density at radius 2 is 2.14 bits per heavy atom. The van der Waals surface area contributed by atoms with Crippen molar-refractivity contribution in [2.45, 2.75) is 49.4 Å². The maximum absolute atomic E-state index is 12.2. The predicted molar refractivity (Wildman–Crippen MR) is 85.2 cm³/mol. The van der Waals surface area contributed by atoms with Crippen LogP contribution in [-0.2, 0) is 21.3 Å². The van der Waals surface area contributed by atoms with Crippen LogP contribution in [0.1, 0.15) is 36.1 Å². The summed E-state index contributed by atoms with van der Waals surface area (Å²) in [5.41, 5.74) is 1.05. The van der Waals surface area contributed by atoms with Gasteiger partial charge in [0.05, 0.1) is 0 Å². The van der Waals surface area contributed by atoms with Crippen molar-refractivity contribution in [3.8, 4) is 0 Å². The fraction of sp³-hybridized carbons (Fsp3) is 0.714. The summed E-state index contributed by atoms with van der Waals surface area (Å²) in [5.74, 6) is 0. The van der Waals surface area contributed by atoms with Crippen LogP contribution in [0.2, 0.25) is 0 Å². The maximum atomic E-state index is 12.2. The molecule has 0 aliphatic heterocycles. The Morgan fingerprint density at radius 3 is 2.81 bits per heavy atom. The highest BCUT2D eigenvalue weighted by Crippen LogP contribution is 2.27. The van der Waals surface area contributed by atoms with Gasteiger partial charge in [-0.2, -0.15) is 0 Å². The van der Waals surface area contributed by atoms with Gasteiger partial charge in [-0.3, -0.25) is 0 Å². The van der Waals surface area contributed by atoms with Gasteiger partial charge < -0.3 is 10.1 Å². The van der Waals surface area contributed by atoms with E-state index in [1.165, 1.54) is 24.2 Å². The minimum absolute atomic E-state index is 0.416. The molecule has 21 heavy (non-hydrogen) atoms. The molecule has 0 aromatic carbocycles. The van der Waals surface area contributed by atoms with Gasteiger partial charge in [-0.15, -0.1) is 11.3 Å². The summed E-state index contributed by atoms with van der Waals surface area (Å²) in [7, 11) is -1.72. The van der Waals surface area contributed by atoms with E-state index >= 15 is 0 Å². The van der Waals surface area contributed by atoms with Crippen LogP contribution in [0.15, 0.2) is 10.3 Å². The molecule has 0 unspecified atom stereocenters. The summed E-state index contributed by atoms with van der Waals surface area (Å²) in [6.45, 7) is 3.86. The van der Waals surface area contributed by atoms with Crippen molar-refractivity contribution in [3.63, 3.8) is 0 Å². The van der Waals surface area contributed by atoms with Crippen LogP contribution >= 0.6 is 11.3 Å². The van der Waals surface area contributed by atoms with E-state index in [1.807, 2.05) is 6.92 Å². The quantitative estimate of drug-likeness (QED) is 0.643. The van der Waals surface area contributed by atoms with Gasteiger partial charge in [-0.05, 0) is 44.2 Å². The average molecular weight is 332 g/mol. The first kappa shape index (κ1) is 16.9. The highest BCUT2D eigenvalue weighted by Gasteiger charge is 2.22. The maximum Gasteiger partial charge on any atom is 0.250 e. The molecule has 7 heteroatoms. The summed E-state index contributed by atoms with van der Waals surface area (Å²) in [5, 5.41) is 3.43. The molecule has 0 bridgehead atoms. The number of aryl methyl sites for hydroxylation is 1. The number of sulfonamides is 1. The summed E-state index contributed by atoms with van der Waals surface area (Å²) >= 11 is 1.37. The molecule has 2 rings (SSSR count). The summed E-state index contributed by atoms with van der Waals surface area (Å²) in [4.78, 5) is 1.11. The zero-order valence-electron chi connectivity index (χ0n) is 12.6. The first-order valence-corrected chi connectivity index (χ1v) is 9.64. The van der Waals surface area contributed by atoms with Gasteiger partial charge in [0.2, 0.25) is 10.0 Å². The largest absolute Gasteiger partial charge is 0.385 e. The van der Waals surface area contributed by atoms with E-state index in [-0.39, 0.29) is 0 Å². The van der Waals surface area contributed by atoms with E-state index in [1.54, 1.807) is 13.2 Å². The first-order valence-electron chi connectivity index (χ1n) is 7.34. The third-order valence-electron chi connectivity index (χ3n) is 3.46. The average Bonchev–Trinajstić information content (AvgIpc) is 3.19. The van der Waals surface area contributed by atoms with Crippen LogP contribution in [-0.4, -0.2) is 34.7 Å². The molecule has 1 aliphatic rings. The Bertz CT molecular complexity index is 551. The Morgan fingerprint density at radius 1 is 1.38 bits per heavy atom. The van der Waals surface area contributed by atoms with Gasteiger partial charge >= 0.3 is 0 Å². The van der Waals surface area contributed by atoms with Crippen LogP contribution in [0, 0.1) is 6.92 Å². The molecule has 5 nitrogen and oxygen atoms in total. The number of thiophene rings is 1. The topological polar surface area (TPSA) is 67.4 Å². The van der Waals surface area contributed by atoms with Gasteiger partial charge in [0, 0.05) is 37.7 Å². The minimum Gasteiger partial charge on any atom is -0.385 e. The van der Waals surface area contributed by atoms with E-state index < -0.39 is 10.0 Å². The van der Waals surface area contributed by atoms with Crippen LogP contribution < -0.4 is 10.0 Å². The van der Waals surface area contributed by atoms with Crippen molar-refractivity contribution >= 4 is 21.4 Å². The van der Waals surface area contributed by atoms with E-state index in [0.29, 0.717) is 23.4 Å². The van der Waals surface area contributed by atoms with E-state index in [9.17, 15) is 8.42 Å². The molecular formula is C14H24N2O3S2. The molecular weight excluding hydrogens is 308 g/mol. The molecule has 0 atom stereocenters. The number of ether oxygens (including phenoxy) is 1. The Balaban J connectivity index is 1.87. The van der Waals surface area contributed by atoms with Gasteiger partial charge in [0.15, 0.2) is 0 Å². The zero-order chi connectivity index (χ0) is 15.3. The molecule has 0 amide bonds. The Labute approximate surface area is 131 Å². The van der Waals surface area contributed by atoms with Crippen molar-refractivity contribution in [1.82, 2.24) is 10.0 Å². The van der Waals surface area contributed by atoms with Crippen LogP contribution in [0.5, 0.6) is 0 Å². The third-order valence-corrected chi connectivity index (χ3v) is 6.63. The van der Waals surface area contributed by atoms with Crippen LogP contribution in [0.25, 0.3) is 0 Å². The lowest BCUT2D eigenvalue weighted by molar-refractivity contribution is 0.193. The standard InChI is InChI=1S/C14H24N2O3S2/c1-11-9-14(20-13(11)10-15-12-5-6-12)21(17,18)16-7-3-4-8-19-2/h9,12,15-16H,3-8,10H2,1-2H3. The van der Waals surface area contributed by atoms with E-state index in [4.69, 9.17) is 4.74 Å². The van der Waals surface area contributed by atoms with Crippen LogP contribution in [0.3, 0.4) is 0 Å². The number of hydrogen-bond donors (Lipinski definition) is 2. The molecule has 2 N–H and O–H groups in total. The highest BCUT2D eigenvalue weighted by molar-refractivity contribution is 7.91. The second-order valence-corrected chi connectivity index (χ2v) is 8.56. The number of unbranched alkanes of at least 4 members (excludes halogenated alkanes) is 1. The second-order valence-electron chi connectivity index (χ2n) is 5.42. The zero-order valence-corrected chi connectivity index (χ0v) is 14.3. The molecule has 0 spiro atoms. The molecule has 1 aliphatic carbocycles. The van der Waals surface area contributed by atoms with E-state index in [0.717, 1.165) is 29.8 Å². The Kier molecular flexibility index (Phi) is 6.19. The number of methoxy groups -OCH3 is 1. The number of nitrogens with one attached hydrogen (secondary N) is 2. The fourth-order valence-corrected chi connectivity index (χ4v) is 4.63. The summed E-state index contributed by atoms with van der Waals surface area (Å²) in [6, 6.07) is 2.40. The molecule has 1 fully saturated rings. The molecule has 1 aromatic rings. The van der Waals surface area contributed by atoms with Crippen molar-refractivity contribution < 1.29 is 13.2 Å². The lowest BCUT2D eigenvalue weighted by atomic mass is 10.3. The summed E-state index contributed by atoms with van der Waals surface area (Å²) in [6.07, 6.45) is 4.11. The normalized spacial score (nSPS) is 15.5. The second kappa shape index (κ2) is 7.69. The fourth-order valence-electron chi connectivity index (χ4n) is 1.97. The van der Waals surface area contributed by atoms with Crippen LogP contribution in [0.4, 0.5) is 0 Å². The minimum atomic E-state index is -3.37. The lowest BCUT2D eigenvalue weighted by Crippen LogP contribution is -2.24. The lowest BCUT2D eigenvalue weighted by Gasteiger charge is -2.04. The van der Waals surface area contributed by atoms with Gasteiger partial charge in [-0.25, -0.2) is 13.1 Å². The smallest absolute Gasteiger partial charge is 0.250 e. The SMILES string of the molecule is COCCCCNS(=O)(=O)c1cc(C)c(CNC2CC2)s1. The molecule has 120 valence electrons. The van der Waals surface area contributed by atoms with Crippen molar-refractivity contribution in [2.24, 2.45) is 0 Å². The molecule has 1 saturated carbocycles. The van der Waals surface area contributed by atoms with Crippen molar-refractivity contribution in [2.75, 3.05) is 20.3 Å². The number of rotatable bonds is 10. The monoisotopic (exact) mass is 332 g/mol. The molecule has 1 heterocycles. The van der Waals surface area contributed by atoms with E-state index in [2.05, 4.69) is 10.0 Å². The molecule has 0 radical (unpaired) electrons. The van der Waals surface area contributed by atoms with Gasteiger partial charge in [-0.1, -0.05) is 0 Å². The van der Waals surface area contributed by atoms with Crippen molar-refractivity contribution in [1.29, 1.82) is 0 Å². The van der Waals surface area contributed by atoms with Gasteiger partial charge in [0.25, 0.3) is 0 Å². The Hall–Kier alpha value is -0.470. The van der Waals surface area contributed by atoms with Crippen molar-refractivity contribution in [3.05, 3.63) is 16.5 Å².